The lowest BCUT2D eigenvalue weighted by molar-refractivity contribution is 1.05. The van der Waals surface area contributed by atoms with Crippen LogP contribution in [0.15, 0.2) is 54.9 Å². The second kappa shape index (κ2) is 4.17. The minimum absolute atomic E-state index is 0.763. The van der Waals surface area contributed by atoms with Crippen molar-refractivity contribution in [1.82, 2.24) is 19.7 Å². The third-order valence-electron chi connectivity index (χ3n) is 2.45. The molecular weight excluding hydrogens is 212 g/mol. The molecule has 3 aromatic rings. The molecule has 0 unspecified atom stereocenters. The van der Waals surface area contributed by atoms with Gasteiger partial charge in [0, 0.05) is 23.6 Å². The minimum Gasteiger partial charge on any atom is -0.272 e. The lowest BCUT2D eigenvalue weighted by Crippen LogP contribution is -1.96. The van der Waals surface area contributed by atoms with Gasteiger partial charge in [-0.3, -0.25) is 9.55 Å². The Labute approximate surface area is 98.6 Å². The molecule has 0 fully saturated rings. The van der Waals surface area contributed by atoms with Crippen molar-refractivity contribution in [1.29, 1.82) is 0 Å². The largest absolute Gasteiger partial charge is 0.272 e. The average molecular weight is 221 g/mol. The molecule has 0 saturated carbocycles. The van der Waals surface area contributed by atoms with Crippen molar-refractivity contribution in [2.24, 2.45) is 0 Å². The predicted molar refractivity (Wildman–Crippen MR) is 63.4 cm³/mol. The summed E-state index contributed by atoms with van der Waals surface area (Å²) in [7, 11) is 0. The summed E-state index contributed by atoms with van der Waals surface area (Å²) in [5.74, 6) is 0.763. The van der Waals surface area contributed by atoms with E-state index in [2.05, 4.69) is 21.5 Å². The topological polar surface area (TPSA) is 43.6 Å². The van der Waals surface area contributed by atoms with Crippen LogP contribution < -0.4 is 0 Å². The Balaban J connectivity index is 2.13. The molecule has 2 heterocycles. The third-order valence-corrected chi connectivity index (χ3v) is 2.45. The van der Waals surface area contributed by atoms with Gasteiger partial charge in [0.15, 0.2) is 5.82 Å². The number of aromatic nitrogens is 4. The zero-order chi connectivity index (χ0) is 11.5. The van der Waals surface area contributed by atoms with Crippen LogP contribution in [0.25, 0.3) is 17.1 Å². The summed E-state index contributed by atoms with van der Waals surface area (Å²) >= 11 is 0. The maximum atomic E-state index is 4.09. The maximum Gasteiger partial charge on any atom is 0.207 e. The van der Waals surface area contributed by atoms with E-state index in [9.17, 15) is 0 Å². The molecule has 1 aromatic carbocycles. The Morgan fingerprint density at radius 1 is 0.941 bits per heavy atom. The summed E-state index contributed by atoms with van der Waals surface area (Å²) in [6, 6.07) is 13.7. The van der Waals surface area contributed by atoms with Gasteiger partial charge in [0.2, 0.25) is 6.33 Å². The molecule has 0 amide bonds. The number of benzene rings is 1. The van der Waals surface area contributed by atoms with E-state index in [1.54, 1.807) is 12.4 Å². The molecule has 0 aliphatic carbocycles. The van der Waals surface area contributed by atoms with Crippen molar-refractivity contribution in [3.8, 4) is 17.1 Å². The quantitative estimate of drug-likeness (QED) is 0.665. The van der Waals surface area contributed by atoms with E-state index in [1.807, 2.05) is 47.0 Å². The molecule has 0 spiro atoms. The highest BCUT2D eigenvalue weighted by atomic mass is 15.3. The Bertz CT molecular complexity index is 548. The highest BCUT2D eigenvalue weighted by molar-refractivity contribution is 5.56. The first-order valence-corrected chi connectivity index (χ1v) is 5.24. The minimum atomic E-state index is 0.763. The van der Waals surface area contributed by atoms with Crippen LogP contribution in [0.3, 0.4) is 0 Å². The molecule has 0 bridgehead atoms. The summed E-state index contributed by atoms with van der Waals surface area (Å²) in [4.78, 5) is 3.99. The fourth-order valence-corrected chi connectivity index (χ4v) is 1.65. The fourth-order valence-electron chi connectivity index (χ4n) is 1.65. The van der Waals surface area contributed by atoms with Crippen LogP contribution in [0.4, 0.5) is 0 Å². The highest BCUT2D eigenvalue weighted by Crippen LogP contribution is 2.18. The van der Waals surface area contributed by atoms with Crippen molar-refractivity contribution in [3.63, 3.8) is 0 Å². The predicted octanol–water partition coefficient (Wildman–Crippen LogP) is 2.13. The number of hydrogen-bond donors (Lipinski definition) is 0. The van der Waals surface area contributed by atoms with Crippen LogP contribution >= 0.6 is 0 Å². The summed E-state index contributed by atoms with van der Waals surface area (Å²) in [5, 5.41) is 7.93. The lowest BCUT2D eigenvalue weighted by Gasteiger charge is -2.05. The molecule has 2 aromatic heterocycles. The van der Waals surface area contributed by atoms with Gasteiger partial charge in [-0.15, -0.1) is 10.2 Å². The zero-order valence-electron chi connectivity index (χ0n) is 8.99. The molecular formula is C13H9N4. The normalized spacial score (nSPS) is 10.4. The number of rotatable bonds is 2. The van der Waals surface area contributed by atoms with Crippen molar-refractivity contribution < 1.29 is 0 Å². The second-order valence-electron chi connectivity index (χ2n) is 3.53. The summed E-state index contributed by atoms with van der Waals surface area (Å²) in [6.45, 7) is 0. The van der Waals surface area contributed by atoms with E-state index < -0.39 is 0 Å². The number of hydrogen-bond acceptors (Lipinski definition) is 3. The molecule has 17 heavy (non-hydrogen) atoms. The molecule has 0 aliphatic rings. The Hall–Kier alpha value is -2.49. The van der Waals surface area contributed by atoms with Gasteiger partial charge < -0.3 is 0 Å². The van der Waals surface area contributed by atoms with E-state index in [0.29, 0.717) is 0 Å². The van der Waals surface area contributed by atoms with E-state index >= 15 is 0 Å². The van der Waals surface area contributed by atoms with Gasteiger partial charge in [-0.2, -0.15) is 0 Å². The molecule has 4 nitrogen and oxygen atoms in total. The average Bonchev–Trinajstić information content (AvgIpc) is 2.90. The van der Waals surface area contributed by atoms with Crippen LogP contribution in [0.5, 0.6) is 0 Å². The lowest BCUT2D eigenvalue weighted by atomic mass is 10.2. The van der Waals surface area contributed by atoms with Crippen LogP contribution in [0.1, 0.15) is 0 Å². The smallest absolute Gasteiger partial charge is 0.207 e. The van der Waals surface area contributed by atoms with E-state index in [1.165, 1.54) is 0 Å². The SMILES string of the molecule is [c]1nnc(-c2ccncc2)n1-c1ccccc1. The van der Waals surface area contributed by atoms with Crippen molar-refractivity contribution >= 4 is 0 Å². The van der Waals surface area contributed by atoms with Gasteiger partial charge in [-0.1, -0.05) is 18.2 Å². The molecule has 0 aliphatic heterocycles. The van der Waals surface area contributed by atoms with E-state index in [-0.39, 0.29) is 0 Å². The molecule has 0 saturated heterocycles. The van der Waals surface area contributed by atoms with Crippen LogP contribution in [0.2, 0.25) is 0 Å². The first kappa shape index (κ1) is 9.72. The molecule has 0 atom stereocenters. The van der Waals surface area contributed by atoms with Crippen molar-refractivity contribution in [2.75, 3.05) is 0 Å². The molecule has 3 rings (SSSR count). The van der Waals surface area contributed by atoms with Gasteiger partial charge in [0.25, 0.3) is 0 Å². The number of pyridine rings is 1. The van der Waals surface area contributed by atoms with Gasteiger partial charge in [0.1, 0.15) is 0 Å². The number of para-hydroxylation sites is 1. The summed E-state index contributed by atoms with van der Waals surface area (Å²) in [5.41, 5.74) is 1.96. The monoisotopic (exact) mass is 221 g/mol. The van der Waals surface area contributed by atoms with Crippen molar-refractivity contribution in [3.05, 3.63) is 61.2 Å². The second-order valence-corrected chi connectivity index (χ2v) is 3.53. The molecule has 81 valence electrons. The molecule has 1 radical (unpaired) electrons. The van der Waals surface area contributed by atoms with Gasteiger partial charge in [-0.25, -0.2) is 0 Å². The summed E-state index contributed by atoms with van der Waals surface area (Å²) in [6.07, 6.45) is 6.33. The molecule has 0 N–H and O–H groups in total. The first-order valence-electron chi connectivity index (χ1n) is 5.24. The van der Waals surface area contributed by atoms with E-state index in [0.717, 1.165) is 17.1 Å². The Morgan fingerprint density at radius 3 is 2.47 bits per heavy atom. The van der Waals surface area contributed by atoms with Gasteiger partial charge >= 0.3 is 0 Å². The third kappa shape index (κ3) is 1.80. The Kier molecular flexibility index (Phi) is 2.38. The number of nitrogens with zero attached hydrogens (tertiary/aromatic N) is 4. The fraction of sp³-hybridized carbons (Fsp3) is 0. The van der Waals surface area contributed by atoms with Crippen LogP contribution in [-0.2, 0) is 0 Å². The van der Waals surface area contributed by atoms with Gasteiger partial charge in [-0.05, 0) is 24.3 Å². The van der Waals surface area contributed by atoms with Crippen LogP contribution in [-0.4, -0.2) is 19.7 Å². The summed E-state index contributed by atoms with van der Waals surface area (Å²) < 4.78 is 1.83. The maximum absolute atomic E-state index is 4.09. The Morgan fingerprint density at radius 2 is 1.71 bits per heavy atom. The van der Waals surface area contributed by atoms with Crippen LogP contribution in [0, 0.1) is 6.33 Å². The molecule has 4 heteroatoms. The van der Waals surface area contributed by atoms with Gasteiger partial charge in [0.05, 0.1) is 0 Å². The highest BCUT2D eigenvalue weighted by Gasteiger charge is 2.08. The standard InChI is InChI=1S/C13H9N4/c1-2-4-12(5-3-1)17-10-15-16-13(17)11-6-8-14-9-7-11/h1-9H. The zero-order valence-corrected chi connectivity index (χ0v) is 8.99. The van der Waals surface area contributed by atoms with E-state index in [4.69, 9.17) is 0 Å². The first-order chi connectivity index (χ1) is 8.45. The van der Waals surface area contributed by atoms with Crippen molar-refractivity contribution in [2.45, 2.75) is 0 Å².